The molecule has 2 aromatic rings. The second-order valence-electron chi connectivity index (χ2n) is 4.96. The van der Waals surface area contributed by atoms with E-state index in [1.54, 1.807) is 7.11 Å². The van der Waals surface area contributed by atoms with Gasteiger partial charge in [0.15, 0.2) is 0 Å². The molecule has 0 aliphatic rings. The van der Waals surface area contributed by atoms with Gasteiger partial charge in [0.2, 0.25) is 0 Å². The van der Waals surface area contributed by atoms with E-state index >= 15 is 0 Å². The van der Waals surface area contributed by atoms with Gasteiger partial charge in [-0.2, -0.15) is 0 Å². The lowest BCUT2D eigenvalue weighted by molar-refractivity contribution is -0.0536. The normalized spacial score (nSPS) is 12.1. The maximum absolute atomic E-state index is 9.35. The van der Waals surface area contributed by atoms with Gasteiger partial charge in [-0.3, -0.25) is 0 Å². The molecule has 0 amide bonds. The van der Waals surface area contributed by atoms with Crippen LogP contribution in [0.3, 0.4) is 0 Å². The van der Waals surface area contributed by atoms with Crippen LogP contribution in [0.1, 0.15) is 11.1 Å². The molecule has 0 unspecified atom stereocenters. The zero-order valence-electron chi connectivity index (χ0n) is 12.8. The number of benzene rings is 2. The van der Waals surface area contributed by atoms with E-state index in [1.165, 1.54) is 0 Å². The van der Waals surface area contributed by atoms with Crippen molar-refractivity contribution in [2.24, 2.45) is 0 Å². The number of methoxy groups -OCH3 is 1. The third kappa shape index (κ3) is 5.48. The third-order valence-corrected chi connectivity index (χ3v) is 3.26. The van der Waals surface area contributed by atoms with Crippen molar-refractivity contribution in [3.63, 3.8) is 0 Å². The first kappa shape index (κ1) is 16.5. The highest BCUT2D eigenvalue weighted by atomic mass is 16.5. The van der Waals surface area contributed by atoms with Gasteiger partial charge in [-0.15, -0.1) is 0 Å². The Morgan fingerprint density at radius 1 is 0.909 bits per heavy atom. The SMILES string of the molecule is COc1ccc(COC[C@H](CO)OCc2ccccc2)cc1. The summed E-state index contributed by atoms with van der Waals surface area (Å²) in [5.41, 5.74) is 2.14. The number of aliphatic hydroxyl groups is 1. The molecule has 0 aliphatic carbocycles. The quantitative estimate of drug-likeness (QED) is 0.774. The molecule has 0 fully saturated rings. The molecule has 22 heavy (non-hydrogen) atoms. The molecule has 0 aromatic heterocycles. The molecule has 1 N–H and O–H groups in total. The second kappa shape index (κ2) is 9.20. The maximum Gasteiger partial charge on any atom is 0.118 e. The van der Waals surface area contributed by atoms with Gasteiger partial charge in [0, 0.05) is 0 Å². The number of aliphatic hydroxyl groups excluding tert-OH is 1. The molecule has 0 saturated carbocycles. The number of rotatable bonds is 9. The van der Waals surface area contributed by atoms with Crippen molar-refractivity contribution >= 4 is 0 Å². The third-order valence-electron chi connectivity index (χ3n) is 3.26. The molecule has 2 rings (SSSR count). The molecule has 4 nitrogen and oxygen atoms in total. The molecule has 0 heterocycles. The molecule has 0 saturated heterocycles. The molecule has 0 spiro atoms. The monoisotopic (exact) mass is 302 g/mol. The van der Waals surface area contributed by atoms with E-state index in [9.17, 15) is 5.11 Å². The predicted octanol–water partition coefficient (Wildman–Crippen LogP) is 2.79. The number of hydrogen-bond donors (Lipinski definition) is 1. The van der Waals surface area contributed by atoms with Crippen LogP contribution in [0.15, 0.2) is 54.6 Å². The Labute approximate surface area is 131 Å². The van der Waals surface area contributed by atoms with E-state index < -0.39 is 0 Å². The lowest BCUT2D eigenvalue weighted by atomic mass is 10.2. The lowest BCUT2D eigenvalue weighted by Gasteiger charge is -2.16. The molecule has 4 heteroatoms. The molecule has 2 aromatic carbocycles. The van der Waals surface area contributed by atoms with Gasteiger partial charge in [-0.1, -0.05) is 42.5 Å². The molecular weight excluding hydrogens is 280 g/mol. The van der Waals surface area contributed by atoms with Crippen LogP contribution in [0.4, 0.5) is 0 Å². The second-order valence-corrected chi connectivity index (χ2v) is 4.96. The Morgan fingerprint density at radius 3 is 2.23 bits per heavy atom. The largest absolute Gasteiger partial charge is 0.497 e. The van der Waals surface area contributed by atoms with Gasteiger partial charge < -0.3 is 19.3 Å². The Morgan fingerprint density at radius 2 is 1.59 bits per heavy atom. The van der Waals surface area contributed by atoms with Crippen molar-refractivity contribution in [3.8, 4) is 5.75 Å². The Bertz CT molecular complexity index is 525. The first-order valence-corrected chi connectivity index (χ1v) is 7.29. The highest BCUT2D eigenvalue weighted by molar-refractivity contribution is 5.26. The van der Waals surface area contributed by atoms with Crippen LogP contribution in [-0.4, -0.2) is 31.5 Å². The first-order chi connectivity index (χ1) is 10.8. The molecule has 0 radical (unpaired) electrons. The minimum Gasteiger partial charge on any atom is -0.497 e. The van der Waals surface area contributed by atoms with Gasteiger partial charge in [0.05, 0.1) is 33.5 Å². The zero-order chi connectivity index (χ0) is 15.6. The van der Waals surface area contributed by atoms with Crippen molar-refractivity contribution in [1.82, 2.24) is 0 Å². The smallest absolute Gasteiger partial charge is 0.118 e. The molecular formula is C18H22O4. The van der Waals surface area contributed by atoms with Crippen LogP contribution < -0.4 is 4.74 Å². The molecule has 0 bridgehead atoms. The van der Waals surface area contributed by atoms with Crippen molar-refractivity contribution < 1.29 is 19.3 Å². The predicted molar refractivity (Wildman–Crippen MR) is 84.8 cm³/mol. The van der Waals surface area contributed by atoms with E-state index in [4.69, 9.17) is 14.2 Å². The highest BCUT2D eigenvalue weighted by Crippen LogP contribution is 2.12. The summed E-state index contributed by atoms with van der Waals surface area (Å²) in [5, 5.41) is 9.35. The van der Waals surface area contributed by atoms with E-state index in [1.807, 2.05) is 54.6 Å². The number of hydrogen-bond acceptors (Lipinski definition) is 4. The molecule has 0 aliphatic heterocycles. The molecule has 118 valence electrons. The fraction of sp³-hybridized carbons (Fsp3) is 0.333. The van der Waals surface area contributed by atoms with Gasteiger partial charge in [0.1, 0.15) is 11.9 Å². The van der Waals surface area contributed by atoms with E-state index in [2.05, 4.69) is 0 Å². The van der Waals surface area contributed by atoms with Crippen molar-refractivity contribution in [2.45, 2.75) is 19.3 Å². The standard InChI is InChI=1S/C18H22O4/c1-20-17-9-7-16(8-10-17)12-21-14-18(11-19)22-13-15-5-3-2-4-6-15/h2-10,18-19H,11-14H2,1H3/t18-/m0/s1. The Balaban J connectivity index is 1.71. The summed E-state index contributed by atoms with van der Waals surface area (Å²) in [7, 11) is 1.64. The highest BCUT2D eigenvalue weighted by Gasteiger charge is 2.08. The lowest BCUT2D eigenvalue weighted by Crippen LogP contribution is -2.23. The van der Waals surface area contributed by atoms with E-state index in [0.29, 0.717) is 19.8 Å². The first-order valence-electron chi connectivity index (χ1n) is 7.29. The topological polar surface area (TPSA) is 47.9 Å². The van der Waals surface area contributed by atoms with Crippen molar-refractivity contribution in [1.29, 1.82) is 0 Å². The van der Waals surface area contributed by atoms with E-state index in [0.717, 1.165) is 16.9 Å². The summed E-state index contributed by atoms with van der Waals surface area (Å²) in [6, 6.07) is 17.6. The van der Waals surface area contributed by atoms with Crippen molar-refractivity contribution in [3.05, 3.63) is 65.7 Å². The maximum atomic E-state index is 9.35. The summed E-state index contributed by atoms with van der Waals surface area (Å²) in [5.74, 6) is 0.822. The van der Waals surface area contributed by atoms with Crippen LogP contribution in [0.2, 0.25) is 0 Å². The average molecular weight is 302 g/mol. The van der Waals surface area contributed by atoms with Gasteiger partial charge in [-0.05, 0) is 23.3 Å². The fourth-order valence-electron chi connectivity index (χ4n) is 1.97. The summed E-state index contributed by atoms with van der Waals surface area (Å²) in [6.45, 7) is 1.25. The van der Waals surface area contributed by atoms with Gasteiger partial charge in [0.25, 0.3) is 0 Å². The summed E-state index contributed by atoms with van der Waals surface area (Å²) < 4.78 is 16.4. The van der Waals surface area contributed by atoms with E-state index in [-0.39, 0.29) is 12.7 Å². The van der Waals surface area contributed by atoms with Crippen LogP contribution in [0.5, 0.6) is 5.75 Å². The van der Waals surface area contributed by atoms with Crippen LogP contribution in [0, 0.1) is 0 Å². The fourth-order valence-corrected chi connectivity index (χ4v) is 1.97. The van der Waals surface area contributed by atoms with Crippen LogP contribution >= 0.6 is 0 Å². The van der Waals surface area contributed by atoms with Crippen LogP contribution in [-0.2, 0) is 22.7 Å². The average Bonchev–Trinajstić information content (AvgIpc) is 2.59. The summed E-state index contributed by atoms with van der Waals surface area (Å²) >= 11 is 0. The minimum atomic E-state index is -0.321. The number of ether oxygens (including phenoxy) is 3. The Hall–Kier alpha value is -1.88. The van der Waals surface area contributed by atoms with Crippen LogP contribution in [0.25, 0.3) is 0 Å². The molecule has 1 atom stereocenters. The minimum absolute atomic E-state index is 0.0601. The van der Waals surface area contributed by atoms with Crippen molar-refractivity contribution in [2.75, 3.05) is 20.3 Å². The zero-order valence-corrected chi connectivity index (χ0v) is 12.8. The Kier molecular flexibility index (Phi) is 6.90. The summed E-state index contributed by atoms with van der Waals surface area (Å²) in [4.78, 5) is 0. The summed E-state index contributed by atoms with van der Waals surface area (Å²) in [6.07, 6.45) is -0.321. The van der Waals surface area contributed by atoms with Gasteiger partial charge >= 0.3 is 0 Å². The van der Waals surface area contributed by atoms with Gasteiger partial charge in [-0.25, -0.2) is 0 Å².